The lowest BCUT2D eigenvalue weighted by Gasteiger charge is -2.29. The molecule has 4 rings (SSSR count). The highest BCUT2D eigenvalue weighted by Crippen LogP contribution is 2.41. The molecule has 0 atom stereocenters. The van der Waals surface area contributed by atoms with Gasteiger partial charge in [0.15, 0.2) is 0 Å². The van der Waals surface area contributed by atoms with Crippen LogP contribution in [-0.2, 0) is 11.3 Å². The lowest BCUT2D eigenvalue weighted by atomic mass is 9.86. The summed E-state index contributed by atoms with van der Waals surface area (Å²) < 4.78 is 12.5. The van der Waals surface area contributed by atoms with Gasteiger partial charge in [-0.2, -0.15) is 0 Å². The van der Waals surface area contributed by atoms with Gasteiger partial charge in [-0.1, -0.05) is 29.8 Å². The SMILES string of the molecule is CCOC(=O)N1CCC(=C2c3ccc(I)cc3COc3ccccc32)CC1. The van der Waals surface area contributed by atoms with E-state index in [4.69, 9.17) is 9.47 Å². The number of rotatable bonds is 1. The highest BCUT2D eigenvalue weighted by molar-refractivity contribution is 14.1. The van der Waals surface area contributed by atoms with Gasteiger partial charge in [-0.15, -0.1) is 0 Å². The number of ether oxygens (including phenoxy) is 2. The first kappa shape index (κ1) is 18.3. The zero-order valence-corrected chi connectivity index (χ0v) is 17.5. The minimum atomic E-state index is -0.207. The van der Waals surface area contributed by atoms with Crippen LogP contribution < -0.4 is 4.74 Å². The molecule has 0 aliphatic carbocycles. The first-order valence-electron chi connectivity index (χ1n) is 9.32. The standard InChI is InChI=1S/C22H22INO3/c1-2-26-22(25)24-11-9-15(10-12-24)21-18-8-7-17(23)13-16(18)14-27-20-6-4-3-5-19(20)21/h3-8,13H,2,9-12,14H2,1H3. The Hall–Kier alpha value is -2.02. The van der Waals surface area contributed by atoms with Crippen LogP contribution >= 0.6 is 22.6 Å². The molecule has 0 N–H and O–H groups in total. The van der Waals surface area contributed by atoms with Gasteiger partial charge in [0.2, 0.25) is 0 Å². The normalized spacial score (nSPS) is 16.1. The molecule has 27 heavy (non-hydrogen) atoms. The fourth-order valence-electron chi connectivity index (χ4n) is 3.83. The third-order valence-electron chi connectivity index (χ3n) is 5.12. The van der Waals surface area contributed by atoms with Gasteiger partial charge in [-0.25, -0.2) is 4.79 Å². The Morgan fingerprint density at radius 2 is 1.93 bits per heavy atom. The molecule has 5 heteroatoms. The van der Waals surface area contributed by atoms with Gasteiger partial charge < -0.3 is 14.4 Å². The second kappa shape index (κ2) is 7.92. The van der Waals surface area contributed by atoms with Crippen molar-refractivity contribution in [2.45, 2.75) is 26.4 Å². The molecule has 4 nitrogen and oxygen atoms in total. The average molecular weight is 475 g/mol. The van der Waals surface area contributed by atoms with E-state index in [2.05, 4.69) is 52.9 Å². The number of carbonyl (C=O) groups is 1. The smallest absolute Gasteiger partial charge is 0.409 e. The Morgan fingerprint density at radius 3 is 2.70 bits per heavy atom. The van der Waals surface area contributed by atoms with E-state index in [1.165, 1.54) is 25.8 Å². The van der Waals surface area contributed by atoms with Crippen LogP contribution in [0.3, 0.4) is 0 Å². The molecule has 2 aromatic rings. The van der Waals surface area contributed by atoms with Crippen molar-refractivity contribution in [3.05, 3.63) is 68.3 Å². The van der Waals surface area contributed by atoms with E-state index < -0.39 is 0 Å². The number of benzene rings is 2. The third-order valence-corrected chi connectivity index (χ3v) is 5.79. The number of piperidine rings is 1. The Kier molecular flexibility index (Phi) is 5.38. The molecule has 0 unspecified atom stereocenters. The number of para-hydroxylation sites is 1. The molecule has 2 aromatic carbocycles. The molecule has 2 heterocycles. The molecule has 0 spiro atoms. The zero-order chi connectivity index (χ0) is 18.8. The van der Waals surface area contributed by atoms with Crippen LogP contribution in [0.25, 0.3) is 5.57 Å². The highest BCUT2D eigenvalue weighted by Gasteiger charge is 2.26. The summed E-state index contributed by atoms with van der Waals surface area (Å²) in [5, 5.41) is 0. The van der Waals surface area contributed by atoms with Crippen molar-refractivity contribution in [1.29, 1.82) is 0 Å². The van der Waals surface area contributed by atoms with E-state index >= 15 is 0 Å². The minimum Gasteiger partial charge on any atom is -0.488 e. The number of fused-ring (bicyclic) bond motifs is 2. The Balaban J connectivity index is 1.76. The second-order valence-electron chi connectivity index (χ2n) is 6.75. The number of amides is 1. The van der Waals surface area contributed by atoms with Crippen molar-refractivity contribution in [1.82, 2.24) is 4.90 Å². The highest BCUT2D eigenvalue weighted by atomic mass is 127. The molecule has 1 saturated heterocycles. The van der Waals surface area contributed by atoms with Crippen molar-refractivity contribution >= 4 is 34.3 Å². The monoisotopic (exact) mass is 475 g/mol. The summed E-state index contributed by atoms with van der Waals surface area (Å²) in [4.78, 5) is 13.8. The minimum absolute atomic E-state index is 0.207. The van der Waals surface area contributed by atoms with Crippen LogP contribution in [-0.4, -0.2) is 30.7 Å². The van der Waals surface area contributed by atoms with Crippen molar-refractivity contribution in [2.75, 3.05) is 19.7 Å². The van der Waals surface area contributed by atoms with Gasteiger partial charge in [0.1, 0.15) is 12.4 Å². The van der Waals surface area contributed by atoms with Gasteiger partial charge in [0.05, 0.1) is 6.61 Å². The fraction of sp³-hybridized carbons (Fsp3) is 0.318. The number of likely N-dealkylation sites (tertiary alicyclic amines) is 1. The summed E-state index contributed by atoms with van der Waals surface area (Å²) in [7, 11) is 0. The number of hydrogen-bond acceptors (Lipinski definition) is 3. The van der Waals surface area contributed by atoms with Crippen LogP contribution in [0.1, 0.15) is 36.5 Å². The predicted octanol–water partition coefficient (Wildman–Crippen LogP) is 5.24. The van der Waals surface area contributed by atoms with Crippen molar-refractivity contribution in [2.24, 2.45) is 0 Å². The van der Waals surface area contributed by atoms with Crippen LogP contribution in [0, 0.1) is 3.57 Å². The summed E-state index contributed by atoms with van der Waals surface area (Å²) in [6, 6.07) is 14.8. The average Bonchev–Trinajstić information content (AvgIpc) is 2.85. The van der Waals surface area contributed by atoms with E-state index in [1.807, 2.05) is 24.0 Å². The van der Waals surface area contributed by atoms with Crippen molar-refractivity contribution in [3.8, 4) is 5.75 Å². The van der Waals surface area contributed by atoms with Gasteiger partial charge in [0, 0.05) is 22.2 Å². The van der Waals surface area contributed by atoms with Crippen LogP contribution in [0.15, 0.2) is 48.0 Å². The first-order valence-corrected chi connectivity index (χ1v) is 10.4. The maximum Gasteiger partial charge on any atom is 0.409 e. The van der Waals surface area contributed by atoms with E-state index in [1.54, 1.807) is 0 Å². The van der Waals surface area contributed by atoms with Crippen molar-refractivity contribution in [3.63, 3.8) is 0 Å². The van der Waals surface area contributed by atoms with E-state index in [0.29, 0.717) is 26.3 Å². The molecule has 0 saturated carbocycles. The summed E-state index contributed by atoms with van der Waals surface area (Å²) in [6.45, 7) is 4.23. The summed E-state index contributed by atoms with van der Waals surface area (Å²) in [5.41, 5.74) is 6.28. The molecular formula is C22H22INO3. The van der Waals surface area contributed by atoms with Crippen LogP contribution in [0.2, 0.25) is 0 Å². The predicted molar refractivity (Wildman–Crippen MR) is 114 cm³/mol. The zero-order valence-electron chi connectivity index (χ0n) is 15.3. The molecule has 1 amide bonds. The second-order valence-corrected chi connectivity index (χ2v) is 8.00. The molecule has 1 fully saturated rings. The van der Waals surface area contributed by atoms with Crippen LogP contribution in [0.5, 0.6) is 5.75 Å². The number of nitrogens with zero attached hydrogens (tertiary/aromatic N) is 1. The van der Waals surface area contributed by atoms with E-state index in [9.17, 15) is 4.79 Å². The molecule has 2 aliphatic rings. The summed E-state index contributed by atoms with van der Waals surface area (Å²) >= 11 is 2.35. The summed E-state index contributed by atoms with van der Waals surface area (Å²) in [5.74, 6) is 0.930. The number of carbonyl (C=O) groups excluding carboxylic acids is 1. The topological polar surface area (TPSA) is 38.8 Å². The van der Waals surface area contributed by atoms with E-state index in [0.717, 1.165) is 24.2 Å². The molecule has 2 aliphatic heterocycles. The lowest BCUT2D eigenvalue weighted by molar-refractivity contribution is 0.104. The molecular weight excluding hydrogens is 453 g/mol. The van der Waals surface area contributed by atoms with Gasteiger partial charge in [0.25, 0.3) is 0 Å². The molecule has 0 aromatic heterocycles. The largest absolute Gasteiger partial charge is 0.488 e. The van der Waals surface area contributed by atoms with Crippen molar-refractivity contribution < 1.29 is 14.3 Å². The molecule has 140 valence electrons. The van der Waals surface area contributed by atoms with E-state index in [-0.39, 0.29) is 6.09 Å². The Bertz CT molecular complexity index is 896. The third kappa shape index (κ3) is 3.70. The van der Waals surface area contributed by atoms with Gasteiger partial charge in [-0.05, 0) is 77.3 Å². The Labute approximate surface area is 173 Å². The van der Waals surface area contributed by atoms with Gasteiger partial charge in [-0.3, -0.25) is 0 Å². The lowest BCUT2D eigenvalue weighted by Crippen LogP contribution is -2.37. The Morgan fingerprint density at radius 1 is 1.15 bits per heavy atom. The molecule has 0 bridgehead atoms. The summed E-state index contributed by atoms with van der Waals surface area (Å²) in [6.07, 6.45) is 1.50. The molecule has 0 radical (unpaired) electrons. The first-order chi connectivity index (χ1) is 13.2. The quantitative estimate of drug-likeness (QED) is 0.530. The van der Waals surface area contributed by atoms with Crippen LogP contribution in [0.4, 0.5) is 4.79 Å². The number of hydrogen-bond donors (Lipinski definition) is 0. The number of halogens is 1. The van der Waals surface area contributed by atoms with Gasteiger partial charge >= 0.3 is 6.09 Å². The fourth-order valence-corrected chi connectivity index (χ4v) is 4.39. The maximum atomic E-state index is 12.0. The maximum absolute atomic E-state index is 12.0.